The molecule has 0 radical (unpaired) electrons. The van der Waals surface area contributed by atoms with E-state index in [-0.39, 0.29) is 57.0 Å². The van der Waals surface area contributed by atoms with Crippen LogP contribution in [-0.2, 0) is 9.59 Å². The summed E-state index contributed by atoms with van der Waals surface area (Å²) in [6.45, 7) is 0. The Balaban J connectivity index is 1.47. The molecule has 6 atom stereocenters. The number of hydrazone groups is 1. The van der Waals surface area contributed by atoms with Gasteiger partial charge in [-0.15, -0.1) is 0 Å². The third-order valence-electron chi connectivity index (χ3n) is 6.24. The number of rotatable bonds is 3. The van der Waals surface area contributed by atoms with E-state index >= 15 is 0 Å². The molecule has 9 heteroatoms. The summed E-state index contributed by atoms with van der Waals surface area (Å²) in [7, 11) is 0. The summed E-state index contributed by atoms with van der Waals surface area (Å²) < 4.78 is 0.133. The Bertz CT molecular complexity index is 938. The Morgan fingerprint density at radius 1 is 1.19 bits per heavy atom. The van der Waals surface area contributed by atoms with Gasteiger partial charge in [-0.3, -0.25) is 19.7 Å². The monoisotopic (exact) mass is 431 g/mol. The Kier molecular flexibility index (Phi) is 3.37. The Labute approximate surface area is 161 Å². The number of carbonyl (C=O) groups excluding carboxylic acids is 2. The number of aromatic hydroxyl groups is 1. The Morgan fingerprint density at radius 2 is 1.78 bits per heavy atom. The predicted molar refractivity (Wildman–Crippen MR) is 96.6 cm³/mol. The highest BCUT2D eigenvalue weighted by atomic mass is 79.9. The summed E-state index contributed by atoms with van der Waals surface area (Å²) in [6, 6.07) is 2.31. The lowest BCUT2D eigenvalue weighted by Gasteiger charge is -2.37. The molecular weight excluding hydrogens is 418 g/mol. The number of hydrogen-bond donors (Lipinski definition) is 1. The van der Waals surface area contributed by atoms with Gasteiger partial charge in [-0.05, 0) is 46.0 Å². The molecule has 5 aliphatic rings. The van der Waals surface area contributed by atoms with Crippen LogP contribution in [0, 0.1) is 45.6 Å². The number of imide groups is 1. The molecule has 1 heterocycles. The smallest absolute Gasteiger partial charge is 0.271 e. The number of halogens is 1. The standard InChI is InChI=1S/C18H14BrN3O5/c19-13-4-8(22(26)27)3-7(16(13)23)6-20-21-17(24)14-9-1-2-10(12-5-11(9)12)15(14)18(21)25/h1-4,6,9-12,14-15,23H,5H2/t9-,10-,11-,12-,14+,15+/m0/s1. The largest absolute Gasteiger partial charge is 0.506 e. The van der Waals surface area contributed by atoms with Gasteiger partial charge in [0.05, 0.1) is 27.4 Å². The fourth-order valence-electron chi connectivity index (χ4n) is 4.98. The van der Waals surface area contributed by atoms with Gasteiger partial charge < -0.3 is 5.11 Å². The summed E-state index contributed by atoms with van der Waals surface area (Å²) >= 11 is 3.06. The van der Waals surface area contributed by atoms with Gasteiger partial charge in [0.1, 0.15) is 5.75 Å². The highest BCUT2D eigenvalue weighted by Crippen LogP contribution is 2.65. The van der Waals surface area contributed by atoms with E-state index in [0.717, 1.165) is 23.7 Å². The van der Waals surface area contributed by atoms with Gasteiger partial charge in [-0.1, -0.05) is 12.2 Å². The van der Waals surface area contributed by atoms with Crippen molar-refractivity contribution in [2.45, 2.75) is 6.42 Å². The van der Waals surface area contributed by atoms with Gasteiger partial charge in [0.25, 0.3) is 17.5 Å². The van der Waals surface area contributed by atoms with Crippen molar-refractivity contribution in [1.82, 2.24) is 5.01 Å². The summed E-state index contributed by atoms with van der Waals surface area (Å²) in [5, 5.41) is 26.0. The maximum Gasteiger partial charge on any atom is 0.271 e. The second-order valence-electron chi connectivity index (χ2n) is 7.51. The maximum absolute atomic E-state index is 12.8. The first-order valence-electron chi connectivity index (χ1n) is 8.65. The normalized spacial score (nSPS) is 35.7. The lowest BCUT2D eigenvalue weighted by atomic mass is 9.63. The van der Waals surface area contributed by atoms with Crippen LogP contribution in [0.15, 0.2) is 33.9 Å². The molecule has 1 aromatic carbocycles. The van der Waals surface area contributed by atoms with Gasteiger partial charge in [-0.25, -0.2) is 0 Å². The number of amides is 2. The number of allylic oxidation sites excluding steroid dienone is 2. The molecule has 1 N–H and O–H groups in total. The van der Waals surface area contributed by atoms with Gasteiger partial charge in [-0.2, -0.15) is 10.1 Å². The first-order valence-corrected chi connectivity index (χ1v) is 9.45. The van der Waals surface area contributed by atoms with E-state index in [0.29, 0.717) is 11.8 Å². The topological polar surface area (TPSA) is 113 Å². The number of carbonyl (C=O) groups is 2. The van der Waals surface area contributed by atoms with Crippen molar-refractivity contribution in [3.63, 3.8) is 0 Å². The molecule has 0 unspecified atom stereocenters. The minimum absolute atomic E-state index is 0.0514. The molecule has 2 amide bonds. The number of nitro groups is 1. The van der Waals surface area contributed by atoms with Crippen molar-refractivity contribution < 1.29 is 19.6 Å². The van der Waals surface area contributed by atoms with E-state index in [1.54, 1.807) is 0 Å². The Morgan fingerprint density at radius 3 is 2.33 bits per heavy atom. The fraction of sp³-hybridized carbons (Fsp3) is 0.389. The van der Waals surface area contributed by atoms with Crippen LogP contribution in [0.2, 0.25) is 0 Å². The van der Waals surface area contributed by atoms with Gasteiger partial charge in [0.15, 0.2) is 0 Å². The SMILES string of the molecule is O=C1[C@@H]2[C@H]3C=C[C@@H]([C@@H]4C[C@@H]34)[C@H]2C(=O)N1N=Cc1cc([N+](=O)[O-])cc(Br)c1O. The van der Waals surface area contributed by atoms with E-state index in [9.17, 15) is 24.8 Å². The molecule has 2 bridgehead atoms. The highest BCUT2D eigenvalue weighted by molar-refractivity contribution is 9.10. The summed E-state index contributed by atoms with van der Waals surface area (Å²) in [5.41, 5.74) is -0.188. The lowest BCUT2D eigenvalue weighted by Crippen LogP contribution is -2.40. The second-order valence-corrected chi connectivity index (χ2v) is 8.36. The fourth-order valence-corrected chi connectivity index (χ4v) is 5.45. The number of nitrogens with zero attached hydrogens (tertiary/aromatic N) is 3. The summed E-state index contributed by atoms with van der Waals surface area (Å²) in [5.74, 6) is -0.423. The number of benzene rings is 1. The van der Waals surface area contributed by atoms with Crippen molar-refractivity contribution in [2.24, 2.45) is 40.6 Å². The summed E-state index contributed by atoms with van der Waals surface area (Å²) in [6.07, 6.45) is 6.34. The van der Waals surface area contributed by atoms with E-state index < -0.39 is 4.92 Å². The zero-order valence-electron chi connectivity index (χ0n) is 13.9. The predicted octanol–water partition coefficient (Wildman–Crippen LogP) is 2.45. The molecule has 1 saturated heterocycles. The zero-order chi connectivity index (χ0) is 19.0. The number of hydrogen-bond acceptors (Lipinski definition) is 6. The molecule has 6 rings (SSSR count). The van der Waals surface area contributed by atoms with Crippen molar-refractivity contribution in [1.29, 1.82) is 0 Å². The molecular formula is C18H14BrN3O5. The minimum Gasteiger partial charge on any atom is -0.506 e. The first-order chi connectivity index (χ1) is 12.9. The van der Waals surface area contributed by atoms with Crippen LogP contribution < -0.4 is 0 Å². The van der Waals surface area contributed by atoms with E-state index in [1.807, 2.05) is 0 Å². The number of phenolic OH excluding ortho intramolecular Hbond substituents is 1. The third-order valence-corrected chi connectivity index (χ3v) is 6.84. The van der Waals surface area contributed by atoms with Crippen LogP contribution in [0.5, 0.6) is 5.75 Å². The zero-order valence-corrected chi connectivity index (χ0v) is 15.4. The molecule has 1 aromatic rings. The van der Waals surface area contributed by atoms with Crippen LogP contribution >= 0.6 is 15.9 Å². The van der Waals surface area contributed by atoms with Crippen molar-refractivity contribution >= 4 is 39.6 Å². The van der Waals surface area contributed by atoms with E-state index in [2.05, 4.69) is 33.2 Å². The highest BCUT2D eigenvalue weighted by Gasteiger charge is 2.67. The minimum atomic E-state index is -0.599. The average Bonchev–Trinajstić information content (AvgIpc) is 3.42. The van der Waals surface area contributed by atoms with Crippen molar-refractivity contribution in [2.75, 3.05) is 0 Å². The van der Waals surface area contributed by atoms with Crippen LogP contribution in [0.3, 0.4) is 0 Å². The second kappa shape index (κ2) is 5.48. The van der Waals surface area contributed by atoms with Crippen molar-refractivity contribution in [3.05, 3.63) is 44.4 Å². The average molecular weight is 432 g/mol. The van der Waals surface area contributed by atoms with E-state index in [4.69, 9.17) is 0 Å². The third kappa shape index (κ3) is 2.24. The number of phenols is 1. The Hall–Kier alpha value is -2.55. The van der Waals surface area contributed by atoms with Crippen LogP contribution in [-0.4, -0.2) is 33.1 Å². The van der Waals surface area contributed by atoms with Gasteiger partial charge >= 0.3 is 0 Å². The first kappa shape index (κ1) is 16.6. The van der Waals surface area contributed by atoms with Gasteiger partial charge in [0, 0.05) is 17.7 Å². The van der Waals surface area contributed by atoms with Crippen LogP contribution in [0.1, 0.15) is 12.0 Å². The lowest BCUT2D eigenvalue weighted by molar-refractivity contribution is -0.385. The van der Waals surface area contributed by atoms with Crippen LogP contribution in [0.4, 0.5) is 5.69 Å². The molecule has 27 heavy (non-hydrogen) atoms. The number of nitro benzene ring substituents is 1. The molecule has 8 nitrogen and oxygen atoms in total. The molecule has 3 fully saturated rings. The number of non-ortho nitro benzene ring substituents is 1. The van der Waals surface area contributed by atoms with Gasteiger partial charge in [0.2, 0.25) is 0 Å². The van der Waals surface area contributed by atoms with Crippen molar-refractivity contribution in [3.8, 4) is 5.75 Å². The molecule has 4 aliphatic carbocycles. The van der Waals surface area contributed by atoms with Crippen LogP contribution in [0.25, 0.3) is 0 Å². The molecule has 0 spiro atoms. The molecule has 1 aliphatic heterocycles. The molecule has 2 saturated carbocycles. The summed E-state index contributed by atoms with van der Waals surface area (Å²) in [4.78, 5) is 36.1. The quantitative estimate of drug-likeness (QED) is 0.259. The molecule has 138 valence electrons. The maximum atomic E-state index is 12.8. The molecule has 0 aromatic heterocycles. The van der Waals surface area contributed by atoms with E-state index in [1.165, 1.54) is 6.07 Å².